The highest BCUT2D eigenvalue weighted by atomic mass is 35.5. The molecule has 1 aromatic heterocycles. The predicted molar refractivity (Wildman–Crippen MR) is 130 cm³/mol. The summed E-state index contributed by atoms with van der Waals surface area (Å²) in [6.45, 7) is 1.66. The number of carboxylic acids is 1. The molecule has 3 N–H and O–H groups in total. The van der Waals surface area contributed by atoms with Crippen molar-refractivity contribution in [3.63, 3.8) is 0 Å². The molecular weight excluding hydrogens is 445 g/mol. The van der Waals surface area contributed by atoms with E-state index in [9.17, 15) is 9.18 Å². The normalized spacial score (nSPS) is 10.9. The van der Waals surface area contributed by atoms with Crippen molar-refractivity contribution in [3.05, 3.63) is 65.1 Å². The van der Waals surface area contributed by atoms with E-state index in [1.54, 1.807) is 12.3 Å². The molecule has 0 radical (unpaired) electrons. The van der Waals surface area contributed by atoms with Gasteiger partial charge in [0.15, 0.2) is 0 Å². The largest absolute Gasteiger partial charge is 0.481 e. The fraction of sp³-hybridized carbons (Fsp3) is 0.292. The molecule has 0 saturated heterocycles. The van der Waals surface area contributed by atoms with Crippen molar-refractivity contribution in [3.8, 4) is 11.1 Å². The summed E-state index contributed by atoms with van der Waals surface area (Å²) in [6, 6.07) is 12.0. The lowest BCUT2D eigenvalue weighted by Crippen LogP contribution is -2.17. The lowest BCUT2D eigenvalue weighted by molar-refractivity contribution is -0.136. The van der Waals surface area contributed by atoms with Gasteiger partial charge in [0.05, 0.1) is 5.02 Å². The number of carboxylic acid groups (broad SMARTS) is 1. The molecule has 0 aliphatic rings. The molecule has 0 fully saturated rings. The van der Waals surface area contributed by atoms with E-state index in [-0.39, 0.29) is 11.4 Å². The molecule has 7 nitrogen and oxygen atoms in total. The molecule has 0 amide bonds. The molecule has 0 atom stereocenters. The third-order valence-corrected chi connectivity index (χ3v) is 5.22. The van der Waals surface area contributed by atoms with Gasteiger partial charge in [-0.05, 0) is 62.8 Å². The third-order valence-electron chi connectivity index (χ3n) is 4.93. The average molecular weight is 472 g/mol. The van der Waals surface area contributed by atoms with Crippen molar-refractivity contribution < 1.29 is 14.3 Å². The molecule has 0 aliphatic heterocycles. The smallest absolute Gasteiger partial charge is 0.303 e. The zero-order chi connectivity index (χ0) is 23.8. The number of hydrogen-bond acceptors (Lipinski definition) is 6. The van der Waals surface area contributed by atoms with Crippen molar-refractivity contribution in [2.75, 3.05) is 37.8 Å². The highest BCUT2D eigenvalue weighted by Crippen LogP contribution is 2.29. The molecule has 0 spiro atoms. The first-order valence-electron chi connectivity index (χ1n) is 10.6. The van der Waals surface area contributed by atoms with Crippen molar-refractivity contribution in [1.82, 2.24) is 14.9 Å². The van der Waals surface area contributed by atoms with E-state index in [0.717, 1.165) is 36.2 Å². The van der Waals surface area contributed by atoms with Gasteiger partial charge in [-0.3, -0.25) is 4.79 Å². The monoisotopic (exact) mass is 471 g/mol. The van der Waals surface area contributed by atoms with Crippen molar-refractivity contribution in [2.24, 2.45) is 0 Å². The Labute approximate surface area is 197 Å². The Bertz CT molecular complexity index is 1090. The van der Waals surface area contributed by atoms with Crippen LogP contribution in [0.2, 0.25) is 5.02 Å². The number of carbonyl (C=O) groups is 1. The first-order chi connectivity index (χ1) is 15.8. The van der Waals surface area contributed by atoms with Gasteiger partial charge in [0.1, 0.15) is 11.6 Å². The lowest BCUT2D eigenvalue weighted by atomic mass is 10.0. The highest BCUT2D eigenvalue weighted by molar-refractivity contribution is 6.31. The van der Waals surface area contributed by atoms with E-state index < -0.39 is 11.8 Å². The van der Waals surface area contributed by atoms with Gasteiger partial charge in [0.2, 0.25) is 5.95 Å². The second kappa shape index (κ2) is 11.6. The molecule has 1 heterocycles. The summed E-state index contributed by atoms with van der Waals surface area (Å²) in [7, 11) is 4.05. The minimum Gasteiger partial charge on any atom is -0.481 e. The van der Waals surface area contributed by atoms with Crippen LogP contribution in [0.25, 0.3) is 11.1 Å². The zero-order valence-corrected chi connectivity index (χ0v) is 19.4. The Morgan fingerprint density at radius 2 is 1.94 bits per heavy atom. The summed E-state index contributed by atoms with van der Waals surface area (Å²) >= 11 is 5.87. The van der Waals surface area contributed by atoms with E-state index in [4.69, 9.17) is 16.7 Å². The van der Waals surface area contributed by atoms with Gasteiger partial charge in [-0.1, -0.05) is 35.9 Å². The number of aromatic nitrogens is 2. The molecule has 0 bridgehead atoms. The van der Waals surface area contributed by atoms with Crippen LogP contribution in [0.4, 0.5) is 21.8 Å². The van der Waals surface area contributed by atoms with Crippen LogP contribution in [0.3, 0.4) is 0 Å². The van der Waals surface area contributed by atoms with Gasteiger partial charge < -0.3 is 20.6 Å². The number of nitrogens with one attached hydrogen (secondary N) is 2. The van der Waals surface area contributed by atoms with Crippen LogP contribution in [0.5, 0.6) is 0 Å². The highest BCUT2D eigenvalue weighted by Gasteiger charge is 2.11. The Kier molecular flexibility index (Phi) is 8.57. The van der Waals surface area contributed by atoms with Crippen LogP contribution in [-0.4, -0.2) is 53.1 Å². The number of halogens is 2. The van der Waals surface area contributed by atoms with Crippen molar-refractivity contribution >= 4 is 35.0 Å². The molecular formula is C24H27ClFN5O2. The number of aliphatic carboxylic acids is 1. The van der Waals surface area contributed by atoms with Crippen LogP contribution in [0.15, 0.2) is 48.7 Å². The molecule has 2 aromatic carbocycles. The van der Waals surface area contributed by atoms with E-state index in [1.165, 1.54) is 12.1 Å². The third kappa shape index (κ3) is 7.40. The maximum Gasteiger partial charge on any atom is 0.303 e. The Hall–Kier alpha value is -3.23. The Balaban J connectivity index is 1.83. The number of aryl methyl sites for hydroxylation is 1. The number of anilines is 3. The maximum atomic E-state index is 13.5. The topological polar surface area (TPSA) is 90.4 Å². The Morgan fingerprint density at radius 3 is 2.61 bits per heavy atom. The standard InChI is InChI=1S/C24H27ClFN5O2/c1-31(2)13-3-12-27-23-19(17-7-4-16(5-8-17)6-11-22(32)33)15-28-24(30-23)29-18-9-10-21(26)20(25)14-18/h4-5,7-10,14-15H,3,6,11-13H2,1-2H3,(H,32,33)(H2,27,28,29,30). The zero-order valence-electron chi connectivity index (χ0n) is 18.6. The van der Waals surface area contributed by atoms with Crippen LogP contribution in [-0.2, 0) is 11.2 Å². The predicted octanol–water partition coefficient (Wildman–Crippen LogP) is 5.06. The molecule has 3 rings (SSSR count). The average Bonchev–Trinajstić information content (AvgIpc) is 2.78. The molecule has 174 valence electrons. The summed E-state index contributed by atoms with van der Waals surface area (Å²) in [5, 5.41) is 15.3. The number of nitrogens with zero attached hydrogens (tertiary/aromatic N) is 3. The van der Waals surface area contributed by atoms with Gasteiger partial charge in [-0.15, -0.1) is 0 Å². The fourth-order valence-electron chi connectivity index (χ4n) is 3.20. The molecule has 0 aliphatic carbocycles. The van der Waals surface area contributed by atoms with E-state index in [2.05, 4.69) is 25.5 Å². The summed E-state index contributed by atoms with van der Waals surface area (Å²) in [5.74, 6) is -0.289. The van der Waals surface area contributed by atoms with E-state index in [1.807, 2.05) is 38.4 Å². The van der Waals surface area contributed by atoms with E-state index in [0.29, 0.717) is 23.9 Å². The molecule has 33 heavy (non-hydrogen) atoms. The summed E-state index contributed by atoms with van der Waals surface area (Å²) in [5.41, 5.74) is 3.28. The summed E-state index contributed by atoms with van der Waals surface area (Å²) in [4.78, 5) is 22.0. The first-order valence-corrected chi connectivity index (χ1v) is 11.0. The van der Waals surface area contributed by atoms with E-state index >= 15 is 0 Å². The maximum absolute atomic E-state index is 13.5. The summed E-state index contributed by atoms with van der Waals surface area (Å²) < 4.78 is 13.5. The number of benzene rings is 2. The second-order valence-electron chi connectivity index (χ2n) is 7.88. The van der Waals surface area contributed by atoms with Gasteiger partial charge in [0.25, 0.3) is 0 Å². The fourth-order valence-corrected chi connectivity index (χ4v) is 3.38. The molecule has 9 heteroatoms. The SMILES string of the molecule is CN(C)CCCNc1nc(Nc2ccc(F)c(Cl)c2)ncc1-c1ccc(CCC(=O)O)cc1. The molecule has 0 saturated carbocycles. The van der Waals surface area contributed by atoms with Crippen LogP contribution in [0.1, 0.15) is 18.4 Å². The van der Waals surface area contributed by atoms with Gasteiger partial charge in [-0.2, -0.15) is 4.98 Å². The van der Waals surface area contributed by atoms with Crippen LogP contribution >= 0.6 is 11.6 Å². The quantitative estimate of drug-likeness (QED) is 0.337. The van der Waals surface area contributed by atoms with Crippen molar-refractivity contribution in [1.29, 1.82) is 0 Å². The minimum absolute atomic E-state index is 0.0154. The van der Waals surface area contributed by atoms with Crippen LogP contribution in [0, 0.1) is 5.82 Å². The van der Waals surface area contributed by atoms with Crippen molar-refractivity contribution in [2.45, 2.75) is 19.3 Å². The van der Waals surface area contributed by atoms with Gasteiger partial charge in [-0.25, -0.2) is 9.37 Å². The number of rotatable bonds is 11. The minimum atomic E-state index is -0.817. The second-order valence-corrected chi connectivity index (χ2v) is 8.29. The molecule has 3 aromatic rings. The van der Waals surface area contributed by atoms with Gasteiger partial charge >= 0.3 is 5.97 Å². The first kappa shape index (κ1) is 24.4. The van der Waals surface area contributed by atoms with Crippen LogP contribution < -0.4 is 10.6 Å². The Morgan fingerprint density at radius 1 is 1.18 bits per heavy atom. The summed E-state index contributed by atoms with van der Waals surface area (Å²) in [6.07, 6.45) is 3.22. The molecule has 0 unspecified atom stereocenters. The van der Waals surface area contributed by atoms with Gasteiger partial charge in [0, 0.05) is 30.4 Å². The number of hydrogen-bond donors (Lipinski definition) is 3. The lowest BCUT2D eigenvalue weighted by Gasteiger charge is -2.15.